The van der Waals surface area contributed by atoms with Crippen molar-refractivity contribution in [3.8, 4) is 0 Å². The molecular formula is C19H34N4O9. The minimum absolute atomic E-state index is 0.0995. The number of carbonyl (C=O) groups excluding carboxylic acids is 3. The Balaban J connectivity index is 5.39. The SMILES string of the molecule is CC(C)CC(NC(=O)C(NC(=O)C(N)CCC(=O)O)C(C)O)C(=O)NC(C(=O)O)C(C)O. The number of aliphatic hydroxyl groups is 2. The highest BCUT2D eigenvalue weighted by atomic mass is 16.4. The van der Waals surface area contributed by atoms with E-state index in [4.69, 9.17) is 15.9 Å². The van der Waals surface area contributed by atoms with Crippen LogP contribution in [0.4, 0.5) is 0 Å². The van der Waals surface area contributed by atoms with E-state index in [0.29, 0.717) is 0 Å². The van der Waals surface area contributed by atoms with Gasteiger partial charge in [-0.25, -0.2) is 4.79 Å². The molecule has 6 atom stereocenters. The van der Waals surface area contributed by atoms with Gasteiger partial charge in [-0.1, -0.05) is 13.8 Å². The normalized spacial score (nSPS) is 16.8. The molecule has 0 aromatic rings. The molecule has 0 heterocycles. The van der Waals surface area contributed by atoms with Crippen LogP contribution < -0.4 is 21.7 Å². The van der Waals surface area contributed by atoms with Crippen LogP contribution in [0.25, 0.3) is 0 Å². The second kappa shape index (κ2) is 13.6. The Morgan fingerprint density at radius 2 is 1.28 bits per heavy atom. The maximum absolute atomic E-state index is 12.7. The van der Waals surface area contributed by atoms with Gasteiger partial charge in [-0.3, -0.25) is 19.2 Å². The molecule has 0 aromatic heterocycles. The fourth-order valence-electron chi connectivity index (χ4n) is 2.68. The minimum atomic E-state index is -1.60. The molecule has 0 spiro atoms. The van der Waals surface area contributed by atoms with Crippen molar-refractivity contribution >= 4 is 29.7 Å². The molecule has 0 aliphatic rings. The average molecular weight is 463 g/mol. The average Bonchev–Trinajstić information content (AvgIpc) is 2.65. The van der Waals surface area contributed by atoms with Crippen molar-refractivity contribution < 1.29 is 44.4 Å². The van der Waals surface area contributed by atoms with Gasteiger partial charge >= 0.3 is 11.9 Å². The second-order valence-electron chi connectivity index (χ2n) is 8.02. The number of aliphatic carboxylic acids is 2. The molecule has 0 rings (SSSR count). The molecule has 6 unspecified atom stereocenters. The zero-order chi connectivity index (χ0) is 25.2. The molecule has 0 fully saturated rings. The zero-order valence-corrected chi connectivity index (χ0v) is 18.6. The third kappa shape index (κ3) is 10.5. The van der Waals surface area contributed by atoms with Crippen LogP contribution in [0.1, 0.15) is 47.0 Å². The van der Waals surface area contributed by atoms with Crippen LogP contribution >= 0.6 is 0 Å². The largest absolute Gasteiger partial charge is 0.481 e. The van der Waals surface area contributed by atoms with Gasteiger partial charge in [0.15, 0.2) is 6.04 Å². The lowest BCUT2D eigenvalue weighted by Crippen LogP contribution is -2.60. The number of aliphatic hydroxyl groups excluding tert-OH is 2. The van der Waals surface area contributed by atoms with Crippen molar-refractivity contribution in [2.24, 2.45) is 11.7 Å². The van der Waals surface area contributed by atoms with Crippen molar-refractivity contribution in [2.75, 3.05) is 0 Å². The highest BCUT2D eigenvalue weighted by Gasteiger charge is 2.33. The Morgan fingerprint density at radius 3 is 1.69 bits per heavy atom. The predicted octanol–water partition coefficient (Wildman–Crippen LogP) is -2.47. The van der Waals surface area contributed by atoms with E-state index in [0.717, 1.165) is 0 Å². The summed E-state index contributed by atoms with van der Waals surface area (Å²) in [5.41, 5.74) is 5.61. The van der Waals surface area contributed by atoms with Gasteiger partial charge in [0.25, 0.3) is 0 Å². The number of hydrogen-bond donors (Lipinski definition) is 8. The van der Waals surface area contributed by atoms with Gasteiger partial charge < -0.3 is 42.1 Å². The number of amides is 3. The molecule has 32 heavy (non-hydrogen) atoms. The Hall–Kier alpha value is -2.77. The lowest BCUT2D eigenvalue weighted by atomic mass is 10.0. The number of carboxylic acid groups (broad SMARTS) is 2. The van der Waals surface area contributed by atoms with E-state index in [1.54, 1.807) is 13.8 Å². The fraction of sp³-hybridized carbons (Fsp3) is 0.737. The summed E-state index contributed by atoms with van der Waals surface area (Å²) in [5.74, 6) is -5.38. The molecule has 0 bridgehead atoms. The number of hydrogen-bond acceptors (Lipinski definition) is 8. The molecule has 0 radical (unpaired) electrons. The number of carbonyl (C=O) groups is 5. The van der Waals surface area contributed by atoms with Gasteiger partial charge in [0, 0.05) is 6.42 Å². The van der Waals surface area contributed by atoms with Crippen LogP contribution in [0, 0.1) is 5.92 Å². The maximum atomic E-state index is 12.7. The predicted molar refractivity (Wildman–Crippen MR) is 111 cm³/mol. The van der Waals surface area contributed by atoms with Crippen LogP contribution in [0.2, 0.25) is 0 Å². The van der Waals surface area contributed by atoms with Crippen molar-refractivity contribution in [3.63, 3.8) is 0 Å². The molecule has 9 N–H and O–H groups in total. The van der Waals surface area contributed by atoms with Crippen LogP contribution in [-0.2, 0) is 24.0 Å². The molecule has 0 saturated heterocycles. The number of rotatable bonds is 14. The molecule has 0 saturated carbocycles. The first-order valence-corrected chi connectivity index (χ1v) is 10.1. The number of nitrogens with two attached hydrogens (primary N) is 1. The molecule has 13 nitrogen and oxygen atoms in total. The summed E-state index contributed by atoms with van der Waals surface area (Å²) in [6.45, 7) is 5.91. The van der Waals surface area contributed by atoms with Crippen LogP contribution in [0.5, 0.6) is 0 Å². The van der Waals surface area contributed by atoms with Gasteiger partial charge in [-0.05, 0) is 32.6 Å². The van der Waals surface area contributed by atoms with Crippen molar-refractivity contribution in [1.29, 1.82) is 0 Å². The van der Waals surface area contributed by atoms with E-state index in [9.17, 15) is 34.2 Å². The lowest BCUT2D eigenvalue weighted by Gasteiger charge is -2.27. The molecule has 13 heteroatoms. The van der Waals surface area contributed by atoms with E-state index in [-0.39, 0.29) is 25.2 Å². The van der Waals surface area contributed by atoms with Gasteiger partial charge in [-0.15, -0.1) is 0 Å². The highest BCUT2D eigenvalue weighted by Crippen LogP contribution is 2.08. The Morgan fingerprint density at radius 1 is 0.781 bits per heavy atom. The minimum Gasteiger partial charge on any atom is -0.481 e. The number of nitrogens with one attached hydrogen (secondary N) is 3. The van der Waals surface area contributed by atoms with Crippen LogP contribution in [0.3, 0.4) is 0 Å². The first-order valence-electron chi connectivity index (χ1n) is 10.1. The van der Waals surface area contributed by atoms with Gasteiger partial charge in [0.1, 0.15) is 12.1 Å². The Bertz CT molecular complexity index is 682. The van der Waals surface area contributed by atoms with Gasteiger partial charge in [-0.2, -0.15) is 0 Å². The van der Waals surface area contributed by atoms with Crippen LogP contribution in [-0.4, -0.2) is 86.5 Å². The van der Waals surface area contributed by atoms with Gasteiger partial charge in [0.05, 0.1) is 18.2 Å². The zero-order valence-electron chi connectivity index (χ0n) is 18.6. The summed E-state index contributed by atoms with van der Waals surface area (Å²) in [7, 11) is 0. The summed E-state index contributed by atoms with van der Waals surface area (Å²) in [6, 6.07) is -5.57. The van der Waals surface area contributed by atoms with E-state index < -0.39 is 66.0 Å². The van der Waals surface area contributed by atoms with Crippen LogP contribution in [0.15, 0.2) is 0 Å². The van der Waals surface area contributed by atoms with E-state index in [1.165, 1.54) is 13.8 Å². The molecule has 0 aromatic carbocycles. The summed E-state index contributed by atoms with van der Waals surface area (Å²) in [6.07, 6.45) is -3.25. The quantitative estimate of drug-likeness (QED) is 0.135. The topological polar surface area (TPSA) is 228 Å². The van der Waals surface area contributed by atoms with E-state index in [1.807, 2.05) is 0 Å². The molecule has 3 amide bonds. The summed E-state index contributed by atoms with van der Waals surface area (Å²) in [5, 5.41) is 44.1. The van der Waals surface area contributed by atoms with E-state index >= 15 is 0 Å². The first kappa shape index (κ1) is 29.2. The standard InChI is InChI=1S/C19H34N4O9/c1-8(2)7-12(17(29)23-15(10(4)25)19(31)32)21-18(30)14(9(3)24)22-16(28)11(20)5-6-13(26)27/h8-12,14-15,24-25H,5-7,20H2,1-4H3,(H,21,30)(H,22,28)(H,23,29)(H,26,27)(H,31,32). The highest BCUT2D eigenvalue weighted by molar-refractivity contribution is 5.94. The van der Waals surface area contributed by atoms with Crippen molar-refractivity contribution in [1.82, 2.24) is 16.0 Å². The second-order valence-corrected chi connectivity index (χ2v) is 8.02. The smallest absolute Gasteiger partial charge is 0.328 e. The van der Waals surface area contributed by atoms with Gasteiger partial charge in [0.2, 0.25) is 17.7 Å². The number of carboxylic acids is 2. The summed E-state index contributed by atoms with van der Waals surface area (Å²) >= 11 is 0. The Labute approximate surface area is 185 Å². The molecule has 0 aliphatic carbocycles. The monoisotopic (exact) mass is 462 g/mol. The molecular weight excluding hydrogens is 428 g/mol. The summed E-state index contributed by atoms with van der Waals surface area (Å²) < 4.78 is 0. The fourth-order valence-corrected chi connectivity index (χ4v) is 2.68. The maximum Gasteiger partial charge on any atom is 0.328 e. The first-order chi connectivity index (χ1) is 14.7. The Kier molecular flexibility index (Phi) is 12.4. The van der Waals surface area contributed by atoms with Crippen molar-refractivity contribution in [3.05, 3.63) is 0 Å². The van der Waals surface area contributed by atoms with E-state index in [2.05, 4.69) is 16.0 Å². The third-order valence-electron chi connectivity index (χ3n) is 4.45. The third-order valence-corrected chi connectivity index (χ3v) is 4.45. The summed E-state index contributed by atoms with van der Waals surface area (Å²) in [4.78, 5) is 59.3. The lowest BCUT2D eigenvalue weighted by molar-refractivity contribution is -0.145. The van der Waals surface area contributed by atoms with Crippen molar-refractivity contribution in [2.45, 2.75) is 83.3 Å². The molecule has 0 aliphatic heterocycles. The molecule has 184 valence electrons.